The minimum atomic E-state index is -1.97. The van der Waals surface area contributed by atoms with E-state index < -0.39 is 97.0 Å². The maximum Gasteiger partial charge on any atom is 0.404 e. The number of allylic oxidation sites excluding steroid dienone is 6. The molecule has 0 bridgehead atoms. The summed E-state index contributed by atoms with van der Waals surface area (Å²) in [7, 11) is 2.81. The first-order chi connectivity index (χ1) is 28.6. The normalized spacial score (nSPS) is 39.1. The number of carbonyl (C=O) groups excluding carboxylic acids is 2. The van der Waals surface area contributed by atoms with Crippen molar-refractivity contribution in [3.05, 3.63) is 59.4 Å². The van der Waals surface area contributed by atoms with Gasteiger partial charge in [-0.1, -0.05) is 89.1 Å². The fourth-order valence-electron chi connectivity index (χ4n) is 8.94. The molecule has 2 fully saturated rings. The molecule has 0 aromatic rings. The van der Waals surface area contributed by atoms with Gasteiger partial charge in [-0.25, -0.2) is 9.59 Å². The molecule has 7 N–H and O–H groups in total. The first-order valence-corrected chi connectivity index (χ1v) is 21.7. The predicted molar refractivity (Wildman–Crippen MR) is 228 cm³/mol. The number of aliphatic hydroxyl groups is 5. The van der Waals surface area contributed by atoms with E-state index in [-0.39, 0.29) is 42.3 Å². The summed E-state index contributed by atoms with van der Waals surface area (Å²) in [5, 5.41) is 58.0. The highest BCUT2D eigenvalue weighted by atomic mass is 16.7. The zero-order chi connectivity index (χ0) is 45.9. The van der Waals surface area contributed by atoms with E-state index in [1.807, 2.05) is 53.7 Å². The largest absolute Gasteiger partial charge is 0.490 e. The Balaban J connectivity index is 2.00. The Bertz CT molecular complexity index is 1570. The van der Waals surface area contributed by atoms with Crippen molar-refractivity contribution in [1.82, 2.24) is 0 Å². The van der Waals surface area contributed by atoms with E-state index in [1.165, 1.54) is 20.3 Å². The number of nitrogens with two attached hydrogens (primary N) is 1. The van der Waals surface area contributed by atoms with Gasteiger partial charge in [0.15, 0.2) is 18.2 Å². The number of methoxy groups -OCH3 is 2. The number of aliphatic hydroxyl groups excluding tert-OH is 4. The molecule has 3 aliphatic heterocycles. The zero-order valence-electron chi connectivity index (χ0n) is 38.2. The van der Waals surface area contributed by atoms with Crippen LogP contribution in [0.5, 0.6) is 0 Å². The quantitative estimate of drug-likeness (QED) is 0.119. The van der Waals surface area contributed by atoms with Gasteiger partial charge in [0, 0.05) is 49.5 Å². The molecule has 0 aliphatic carbocycles. The average molecular weight is 866 g/mol. The summed E-state index contributed by atoms with van der Waals surface area (Å²) >= 11 is 0. The van der Waals surface area contributed by atoms with Crippen LogP contribution in [0.25, 0.3) is 0 Å². The van der Waals surface area contributed by atoms with Crippen LogP contribution in [-0.2, 0) is 38.0 Å². The van der Waals surface area contributed by atoms with Gasteiger partial charge in [0.2, 0.25) is 5.76 Å². The van der Waals surface area contributed by atoms with Gasteiger partial charge < -0.3 is 64.4 Å². The summed E-state index contributed by atoms with van der Waals surface area (Å²) in [4.78, 5) is 25.4. The lowest BCUT2D eigenvalue weighted by Crippen LogP contribution is -2.59. The lowest BCUT2D eigenvalue weighted by atomic mass is 9.77. The van der Waals surface area contributed by atoms with E-state index in [4.69, 9.17) is 38.9 Å². The number of hydrogen-bond acceptors (Lipinski definition) is 14. The smallest absolute Gasteiger partial charge is 0.404 e. The van der Waals surface area contributed by atoms with Gasteiger partial charge in [0.25, 0.3) is 0 Å². The van der Waals surface area contributed by atoms with Crippen molar-refractivity contribution in [3.63, 3.8) is 0 Å². The number of ether oxygens (including phenoxy) is 7. The second-order valence-corrected chi connectivity index (χ2v) is 17.5. The summed E-state index contributed by atoms with van der Waals surface area (Å²) in [6.07, 6.45) is 2.20. The number of esters is 1. The number of amides is 1. The lowest BCUT2D eigenvalue weighted by Gasteiger charge is -2.49. The summed E-state index contributed by atoms with van der Waals surface area (Å²) in [5.41, 5.74) is 6.78. The Morgan fingerprint density at radius 3 is 2.34 bits per heavy atom. The summed E-state index contributed by atoms with van der Waals surface area (Å²) in [6.45, 7) is 18.2. The molecule has 0 aromatic carbocycles. The van der Waals surface area contributed by atoms with Gasteiger partial charge in [-0.3, -0.25) is 0 Å². The molecule has 2 saturated heterocycles. The molecule has 0 aromatic heterocycles. The number of hydrogen-bond donors (Lipinski definition) is 6. The minimum Gasteiger partial charge on any atom is -0.490 e. The van der Waals surface area contributed by atoms with Gasteiger partial charge in [-0.15, -0.1) is 0 Å². The fourth-order valence-corrected chi connectivity index (χ4v) is 8.94. The molecule has 3 heterocycles. The van der Waals surface area contributed by atoms with Crippen LogP contribution in [0.3, 0.4) is 0 Å². The van der Waals surface area contributed by atoms with E-state index in [1.54, 1.807) is 52.0 Å². The van der Waals surface area contributed by atoms with Crippen molar-refractivity contribution in [2.75, 3.05) is 14.2 Å². The molecule has 3 aliphatic rings. The van der Waals surface area contributed by atoms with Crippen molar-refractivity contribution in [3.8, 4) is 0 Å². The molecule has 15 heteroatoms. The third-order valence-electron chi connectivity index (χ3n) is 12.8. The molecule has 0 saturated carbocycles. The first kappa shape index (κ1) is 52.2. The SMILES string of the molecule is CC=C[C@H]1O[C@@](O)([C@@H](C)C(O)C(C)[C@H]2OC(=O)C(OC)=CC(C)=C[C@@H](C)[C@H](O)C(CC)[C@@H](O)[C@H](C)CC(C)=CC=C[C@@H]2OC)C[C@@H](O[C@H]2C[C@@H](O)[C@H](OC(N)=O)[C@@H](C)O2)[C@@H]1C. The molecule has 15 nitrogen and oxygen atoms in total. The molecule has 61 heavy (non-hydrogen) atoms. The Labute approximate surface area is 362 Å². The van der Waals surface area contributed by atoms with Crippen LogP contribution < -0.4 is 5.73 Å². The van der Waals surface area contributed by atoms with Crippen molar-refractivity contribution in [1.29, 1.82) is 0 Å². The number of rotatable bonds is 11. The minimum absolute atomic E-state index is 0.0313. The lowest BCUT2D eigenvalue weighted by molar-refractivity contribution is -0.338. The topological polar surface area (TPSA) is 226 Å². The Hall–Kier alpha value is -3.12. The number of carbonyl (C=O) groups is 2. The van der Waals surface area contributed by atoms with Gasteiger partial charge in [0.1, 0.15) is 12.2 Å². The van der Waals surface area contributed by atoms with E-state index in [2.05, 4.69) is 0 Å². The molecule has 0 radical (unpaired) electrons. The average Bonchev–Trinajstić information content (AvgIpc) is 3.19. The maximum atomic E-state index is 13.9. The Morgan fingerprint density at radius 2 is 1.77 bits per heavy atom. The van der Waals surface area contributed by atoms with Crippen LogP contribution in [0, 0.1) is 35.5 Å². The fraction of sp³-hybridized carbons (Fsp3) is 0.739. The second kappa shape index (κ2) is 23.5. The molecule has 0 spiro atoms. The molecule has 18 atom stereocenters. The van der Waals surface area contributed by atoms with Crippen LogP contribution in [0.15, 0.2) is 59.4 Å². The molecular formula is C46H75NO14. The van der Waals surface area contributed by atoms with Crippen LogP contribution in [0.2, 0.25) is 0 Å². The van der Waals surface area contributed by atoms with E-state index in [9.17, 15) is 35.1 Å². The highest BCUT2D eigenvalue weighted by Gasteiger charge is 2.52. The highest BCUT2D eigenvalue weighted by molar-refractivity contribution is 5.87. The Morgan fingerprint density at radius 1 is 1.10 bits per heavy atom. The van der Waals surface area contributed by atoms with Gasteiger partial charge in [-0.05, 0) is 52.5 Å². The molecule has 3 rings (SSSR count). The zero-order valence-corrected chi connectivity index (χ0v) is 38.2. The maximum absolute atomic E-state index is 13.9. The molecule has 348 valence electrons. The predicted octanol–water partition coefficient (Wildman–Crippen LogP) is 4.98. The number of primary amides is 1. The van der Waals surface area contributed by atoms with Gasteiger partial charge >= 0.3 is 12.1 Å². The van der Waals surface area contributed by atoms with E-state index >= 15 is 0 Å². The first-order valence-electron chi connectivity index (χ1n) is 21.7. The van der Waals surface area contributed by atoms with Crippen molar-refractivity contribution >= 4 is 12.1 Å². The Kier molecular flexibility index (Phi) is 20.1. The van der Waals surface area contributed by atoms with Crippen LogP contribution >= 0.6 is 0 Å². The second-order valence-electron chi connectivity index (χ2n) is 17.5. The summed E-state index contributed by atoms with van der Waals surface area (Å²) in [6, 6.07) is 0. The van der Waals surface area contributed by atoms with E-state index in [0.29, 0.717) is 18.4 Å². The van der Waals surface area contributed by atoms with Crippen molar-refractivity contribution in [2.24, 2.45) is 41.2 Å². The molecular weight excluding hydrogens is 790 g/mol. The standard InChI is InChI=1S/C46H75NO14/c1-13-16-34-28(7)37(58-38-22-33(48)43(31(10)57-38)60-45(47)53)23-46(54,61-34)30(9)41(51)29(8)42-35(55-11)18-15-17-24(3)19-26(5)39(49)32(14-2)40(50)27(6)20-25(4)21-36(56-12)44(52)59-42/h13,15-18,20-21,26-35,37-43,48-51,54H,14,19,22-23H2,1-12H3,(H2,47,53)/t26-,27-,28-,29?,30+,31-,32?,33-,34-,35+,37-,38+,39+,40+,41?,42-,43-,46-/m1/s1. The van der Waals surface area contributed by atoms with Crippen LogP contribution in [-0.4, -0.2) is 125 Å². The van der Waals surface area contributed by atoms with E-state index in [0.717, 1.165) is 5.57 Å². The van der Waals surface area contributed by atoms with Gasteiger partial charge in [0.05, 0.1) is 49.8 Å². The summed E-state index contributed by atoms with van der Waals surface area (Å²) < 4.78 is 41.4. The molecule has 3 unspecified atom stereocenters. The van der Waals surface area contributed by atoms with Crippen molar-refractivity contribution in [2.45, 2.75) is 168 Å². The molecule has 1 amide bonds. The van der Waals surface area contributed by atoms with Crippen LogP contribution in [0.1, 0.15) is 94.9 Å². The third kappa shape index (κ3) is 13.7. The van der Waals surface area contributed by atoms with Crippen molar-refractivity contribution < 1.29 is 68.3 Å². The van der Waals surface area contributed by atoms with Gasteiger partial charge in [-0.2, -0.15) is 0 Å². The highest BCUT2D eigenvalue weighted by Crippen LogP contribution is 2.42. The third-order valence-corrected chi connectivity index (χ3v) is 12.8. The number of cyclic esters (lactones) is 1. The monoisotopic (exact) mass is 866 g/mol. The summed E-state index contributed by atoms with van der Waals surface area (Å²) in [5.74, 6) is -6.00. The van der Waals surface area contributed by atoms with Crippen LogP contribution in [0.4, 0.5) is 4.79 Å².